The molecule has 0 bridgehead atoms. The molecule has 1 amide bonds. The van der Waals surface area contributed by atoms with Crippen LogP contribution in [-0.2, 0) is 21.2 Å². The average Bonchev–Trinajstić information content (AvgIpc) is 2.89. The molecule has 0 saturated carbocycles. The van der Waals surface area contributed by atoms with E-state index in [0.717, 1.165) is 30.5 Å². The summed E-state index contributed by atoms with van der Waals surface area (Å²) in [6.45, 7) is 7.29. The van der Waals surface area contributed by atoms with E-state index in [0.29, 0.717) is 55.8 Å². The van der Waals surface area contributed by atoms with Crippen LogP contribution < -0.4 is 9.64 Å². The fourth-order valence-electron chi connectivity index (χ4n) is 5.03. The molecule has 2 fully saturated rings. The van der Waals surface area contributed by atoms with Crippen molar-refractivity contribution in [1.29, 1.82) is 0 Å². The Morgan fingerprint density at radius 2 is 1.64 bits per heavy atom. The van der Waals surface area contributed by atoms with E-state index in [9.17, 15) is 13.2 Å². The summed E-state index contributed by atoms with van der Waals surface area (Å²) in [7, 11) is -2.01. The van der Waals surface area contributed by atoms with Crippen molar-refractivity contribution in [2.45, 2.75) is 38.0 Å². The van der Waals surface area contributed by atoms with E-state index in [2.05, 4.69) is 29.2 Å². The highest BCUT2D eigenvalue weighted by Crippen LogP contribution is 2.34. The minimum atomic E-state index is -3.60. The average molecular weight is 512 g/mol. The maximum atomic E-state index is 13.5. The number of methoxy groups -OCH3 is 1. The van der Waals surface area contributed by atoms with Gasteiger partial charge in [0, 0.05) is 45.3 Å². The lowest BCUT2D eigenvalue weighted by Crippen LogP contribution is -2.48. The Balaban J connectivity index is 1.44. The number of allylic oxidation sites excluding steroid dienone is 1. The normalized spacial score (nSPS) is 17.6. The minimum Gasteiger partial charge on any atom is -0.495 e. The van der Waals surface area contributed by atoms with Crippen LogP contribution in [0.25, 0.3) is 0 Å². The van der Waals surface area contributed by atoms with Gasteiger partial charge in [0.25, 0.3) is 0 Å². The Bertz CT molecular complexity index is 1180. The van der Waals surface area contributed by atoms with Gasteiger partial charge in [0.15, 0.2) is 0 Å². The Morgan fingerprint density at radius 1 is 0.972 bits per heavy atom. The zero-order chi connectivity index (χ0) is 25.7. The molecule has 8 heteroatoms. The van der Waals surface area contributed by atoms with E-state index in [1.165, 1.54) is 5.56 Å². The van der Waals surface area contributed by atoms with Crippen LogP contribution in [0.5, 0.6) is 5.75 Å². The zero-order valence-electron chi connectivity index (χ0n) is 21.5. The predicted octanol–water partition coefficient (Wildman–Crippen LogP) is 3.95. The lowest BCUT2D eigenvalue weighted by atomic mass is 9.91. The number of amides is 1. The van der Waals surface area contributed by atoms with Crippen molar-refractivity contribution in [3.05, 3.63) is 65.7 Å². The molecule has 2 aliphatic rings. The first kappa shape index (κ1) is 26.2. The molecule has 2 heterocycles. The number of hydrogen-bond acceptors (Lipinski definition) is 5. The Hall–Kier alpha value is -2.84. The van der Waals surface area contributed by atoms with E-state index in [1.807, 2.05) is 24.8 Å². The third kappa shape index (κ3) is 6.10. The number of sulfonamides is 1. The molecule has 194 valence electrons. The Kier molecular flexibility index (Phi) is 8.36. The van der Waals surface area contributed by atoms with Crippen molar-refractivity contribution >= 4 is 21.6 Å². The van der Waals surface area contributed by atoms with E-state index in [1.54, 1.807) is 35.7 Å². The monoisotopic (exact) mass is 511 g/mol. The van der Waals surface area contributed by atoms with Gasteiger partial charge < -0.3 is 14.5 Å². The standard InChI is InChI=1S/C28H37N3O4S/c1-22(2)19-28(32)30-17-15-29(16-18-30)26-21-25(9-10-27(26)35-3)36(33,34)31-13-11-24(12-14-31)20-23-7-5-4-6-8-23/h4-10,19,21,24H,11-18,20H2,1-3H3. The second-order valence-electron chi connectivity index (χ2n) is 9.90. The van der Waals surface area contributed by atoms with Gasteiger partial charge in [-0.25, -0.2) is 8.42 Å². The summed E-state index contributed by atoms with van der Waals surface area (Å²) in [4.78, 5) is 16.6. The number of hydrogen-bond donors (Lipinski definition) is 0. The van der Waals surface area contributed by atoms with Crippen LogP contribution in [-0.4, -0.2) is 69.9 Å². The van der Waals surface area contributed by atoms with Crippen molar-refractivity contribution in [2.75, 3.05) is 51.3 Å². The van der Waals surface area contributed by atoms with Crippen LogP contribution in [0.4, 0.5) is 5.69 Å². The summed E-state index contributed by atoms with van der Waals surface area (Å²) in [6.07, 6.45) is 4.37. The van der Waals surface area contributed by atoms with Crippen LogP contribution in [0, 0.1) is 5.92 Å². The fraction of sp³-hybridized carbons (Fsp3) is 0.464. The highest BCUT2D eigenvalue weighted by atomic mass is 32.2. The summed E-state index contributed by atoms with van der Waals surface area (Å²) in [5, 5.41) is 0. The van der Waals surface area contributed by atoms with E-state index < -0.39 is 10.0 Å². The predicted molar refractivity (Wildman–Crippen MR) is 143 cm³/mol. The highest BCUT2D eigenvalue weighted by molar-refractivity contribution is 7.89. The van der Waals surface area contributed by atoms with Crippen molar-refractivity contribution in [2.24, 2.45) is 5.92 Å². The molecule has 7 nitrogen and oxygen atoms in total. The molecule has 4 rings (SSSR count). The molecule has 0 aromatic heterocycles. The van der Waals surface area contributed by atoms with Gasteiger partial charge in [0.1, 0.15) is 5.75 Å². The van der Waals surface area contributed by atoms with E-state index in [4.69, 9.17) is 4.74 Å². The molecular formula is C28H37N3O4S. The molecule has 0 spiro atoms. The van der Waals surface area contributed by atoms with Gasteiger partial charge in [0.2, 0.25) is 15.9 Å². The molecular weight excluding hydrogens is 474 g/mol. The van der Waals surface area contributed by atoms with Gasteiger partial charge in [-0.15, -0.1) is 0 Å². The smallest absolute Gasteiger partial charge is 0.246 e. The summed E-state index contributed by atoms with van der Waals surface area (Å²) in [6, 6.07) is 15.5. The minimum absolute atomic E-state index is 0.0219. The van der Waals surface area contributed by atoms with E-state index in [-0.39, 0.29) is 5.91 Å². The van der Waals surface area contributed by atoms with Gasteiger partial charge in [-0.1, -0.05) is 35.9 Å². The maximum Gasteiger partial charge on any atom is 0.246 e. The quantitative estimate of drug-likeness (QED) is 0.527. The molecule has 0 N–H and O–H groups in total. The summed E-state index contributed by atoms with van der Waals surface area (Å²) >= 11 is 0. The van der Waals surface area contributed by atoms with Crippen LogP contribution in [0.1, 0.15) is 32.3 Å². The molecule has 2 aliphatic heterocycles. The highest BCUT2D eigenvalue weighted by Gasteiger charge is 2.31. The van der Waals surface area contributed by atoms with Crippen LogP contribution in [0.2, 0.25) is 0 Å². The number of benzene rings is 2. The number of anilines is 1. The van der Waals surface area contributed by atoms with Gasteiger partial charge >= 0.3 is 0 Å². The maximum absolute atomic E-state index is 13.5. The molecule has 0 aliphatic carbocycles. The number of nitrogens with zero attached hydrogens (tertiary/aromatic N) is 3. The van der Waals surface area contributed by atoms with Crippen LogP contribution in [0.15, 0.2) is 65.1 Å². The van der Waals surface area contributed by atoms with Gasteiger partial charge in [-0.05, 0) is 62.8 Å². The SMILES string of the molecule is COc1ccc(S(=O)(=O)N2CCC(Cc3ccccc3)CC2)cc1N1CCN(C(=O)C=C(C)C)CC1. The first-order chi connectivity index (χ1) is 17.3. The number of ether oxygens (including phenoxy) is 1. The number of carbonyl (C=O) groups is 1. The second-order valence-corrected chi connectivity index (χ2v) is 11.8. The number of carbonyl (C=O) groups excluding carboxylic acids is 1. The lowest BCUT2D eigenvalue weighted by Gasteiger charge is -2.36. The molecule has 2 aromatic rings. The Labute approximate surface area is 215 Å². The third-order valence-electron chi connectivity index (χ3n) is 7.07. The molecule has 2 saturated heterocycles. The summed E-state index contributed by atoms with van der Waals surface area (Å²) in [5.41, 5.74) is 3.04. The number of piperazine rings is 1. The number of piperidine rings is 1. The van der Waals surface area contributed by atoms with Crippen molar-refractivity contribution in [1.82, 2.24) is 9.21 Å². The molecule has 0 radical (unpaired) electrons. The van der Waals surface area contributed by atoms with Crippen LogP contribution >= 0.6 is 0 Å². The molecule has 2 aromatic carbocycles. The molecule has 0 atom stereocenters. The zero-order valence-corrected chi connectivity index (χ0v) is 22.3. The van der Waals surface area contributed by atoms with Gasteiger partial charge in [-0.3, -0.25) is 4.79 Å². The van der Waals surface area contributed by atoms with Gasteiger partial charge in [0.05, 0.1) is 17.7 Å². The van der Waals surface area contributed by atoms with Crippen molar-refractivity contribution in [3.8, 4) is 5.75 Å². The van der Waals surface area contributed by atoms with Crippen molar-refractivity contribution in [3.63, 3.8) is 0 Å². The van der Waals surface area contributed by atoms with E-state index >= 15 is 0 Å². The lowest BCUT2D eigenvalue weighted by molar-refractivity contribution is -0.126. The first-order valence-corrected chi connectivity index (χ1v) is 14.1. The molecule has 36 heavy (non-hydrogen) atoms. The fourth-order valence-corrected chi connectivity index (χ4v) is 6.52. The first-order valence-electron chi connectivity index (χ1n) is 12.7. The summed E-state index contributed by atoms with van der Waals surface area (Å²) < 4.78 is 34.3. The largest absolute Gasteiger partial charge is 0.495 e. The summed E-state index contributed by atoms with van der Waals surface area (Å²) in [5.74, 6) is 1.16. The van der Waals surface area contributed by atoms with Crippen LogP contribution in [0.3, 0.4) is 0 Å². The second kappa shape index (κ2) is 11.5. The molecule has 0 unspecified atom stereocenters. The van der Waals surface area contributed by atoms with Gasteiger partial charge in [-0.2, -0.15) is 4.31 Å². The Morgan fingerprint density at radius 3 is 2.25 bits per heavy atom. The third-order valence-corrected chi connectivity index (χ3v) is 8.97. The van der Waals surface area contributed by atoms with Crippen molar-refractivity contribution < 1.29 is 17.9 Å². The topological polar surface area (TPSA) is 70.2 Å². The number of rotatable bonds is 7.